The van der Waals surface area contributed by atoms with E-state index >= 15 is 0 Å². The number of aliphatic carboxylic acids is 1. The minimum Gasteiger partial charge on any atom is -0.478 e. The smallest absolute Gasteiger partial charge is 0.328 e. The van der Waals surface area contributed by atoms with Gasteiger partial charge in [-0.05, 0) is 23.3 Å². The lowest BCUT2D eigenvalue weighted by Gasteiger charge is -2.05. The number of carbonyl (C=O) groups is 1. The Kier molecular flexibility index (Phi) is 4.05. The maximum Gasteiger partial charge on any atom is 0.328 e. The van der Waals surface area contributed by atoms with Crippen molar-refractivity contribution in [2.75, 3.05) is 0 Å². The van der Waals surface area contributed by atoms with Gasteiger partial charge in [0.25, 0.3) is 0 Å². The summed E-state index contributed by atoms with van der Waals surface area (Å²) in [6.45, 7) is 0. The monoisotopic (exact) mass is 291 g/mol. The normalized spacial score (nSPS) is 11.8. The summed E-state index contributed by atoms with van der Waals surface area (Å²) in [4.78, 5) is 10.4. The van der Waals surface area contributed by atoms with Crippen molar-refractivity contribution in [1.29, 1.82) is 0 Å². The second-order valence-electron chi connectivity index (χ2n) is 4.19. The molecule has 0 fully saturated rings. The molecule has 0 saturated heterocycles. The molecule has 0 spiro atoms. The van der Waals surface area contributed by atoms with Gasteiger partial charge in [0, 0.05) is 18.5 Å². The Hall–Kier alpha value is -2.34. The van der Waals surface area contributed by atoms with Gasteiger partial charge in [0.05, 0.1) is 5.75 Å². The Balaban J connectivity index is 2.20. The average molecular weight is 291 g/mol. The third kappa shape index (κ3) is 3.58. The zero-order valence-electron chi connectivity index (χ0n) is 10.5. The van der Waals surface area contributed by atoms with Crippen molar-refractivity contribution in [1.82, 2.24) is 3.97 Å². The molecule has 0 aliphatic heterocycles. The minimum absolute atomic E-state index is 0.107. The average Bonchev–Trinajstić information content (AvgIpc) is 2.86. The predicted molar refractivity (Wildman–Crippen MR) is 75.6 cm³/mol. The van der Waals surface area contributed by atoms with E-state index in [1.165, 1.54) is 18.5 Å². The largest absolute Gasteiger partial charge is 0.478 e. The second-order valence-corrected chi connectivity index (χ2v) is 6.06. The summed E-state index contributed by atoms with van der Waals surface area (Å²) in [7, 11) is -3.50. The van der Waals surface area contributed by atoms with Crippen LogP contribution in [0.4, 0.5) is 0 Å². The molecular weight excluding hydrogens is 278 g/mol. The number of hydrogen-bond acceptors (Lipinski definition) is 3. The van der Waals surface area contributed by atoms with Crippen molar-refractivity contribution in [3.8, 4) is 0 Å². The van der Waals surface area contributed by atoms with Crippen molar-refractivity contribution in [3.05, 3.63) is 66.0 Å². The maximum atomic E-state index is 12.2. The van der Waals surface area contributed by atoms with Crippen molar-refractivity contribution in [3.63, 3.8) is 0 Å². The number of nitrogens with zero attached hydrogens (tertiary/aromatic N) is 1. The highest BCUT2D eigenvalue weighted by Crippen LogP contribution is 2.12. The molecule has 0 aliphatic rings. The molecule has 104 valence electrons. The van der Waals surface area contributed by atoms with Crippen molar-refractivity contribution in [2.24, 2.45) is 0 Å². The van der Waals surface area contributed by atoms with E-state index in [0.29, 0.717) is 11.1 Å². The maximum absolute atomic E-state index is 12.2. The standard InChI is InChI=1S/C14H13NO4S/c16-14(17)7-6-12-8-9-15(10-12)20(18,19)11-13-4-2-1-3-5-13/h1-10H,11H2,(H,16,17)/b7-6+. The van der Waals surface area contributed by atoms with Gasteiger partial charge >= 0.3 is 5.97 Å². The van der Waals surface area contributed by atoms with Gasteiger partial charge in [-0.3, -0.25) is 3.97 Å². The van der Waals surface area contributed by atoms with Crippen LogP contribution in [0.15, 0.2) is 54.9 Å². The van der Waals surface area contributed by atoms with Crippen LogP contribution in [-0.4, -0.2) is 23.5 Å². The fourth-order valence-corrected chi connectivity index (χ4v) is 2.98. The SMILES string of the molecule is O=C(O)/C=C/c1ccn(S(=O)(=O)Cc2ccccc2)c1. The van der Waals surface area contributed by atoms with Crippen LogP contribution in [0.5, 0.6) is 0 Å². The highest BCUT2D eigenvalue weighted by molar-refractivity contribution is 7.89. The molecule has 0 saturated carbocycles. The number of carboxylic acids is 1. The van der Waals surface area contributed by atoms with E-state index in [0.717, 1.165) is 10.0 Å². The molecule has 1 N–H and O–H groups in total. The third-order valence-electron chi connectivity index (χ3n) is 2.62. The molecule has 6 heteroatoms. The summed E-state index contributed by atoms with van der Waals surface area (Å²) in [6.07, 6.45) is 5.10. The molecule has 0 aliphatic carbocycles. The van der Waals surface area contributed by atoms with Crippen LogP contribution >= 0.6 is 0 Å². The molecular formula is C14H13NO4S. The summed E-state index contributed by atoms with van der Waals surface area (Å²) in [6, 6.07) is 10.4. The summed E-state index contributed by atoms with van der Waals surface area (Å²) in [5, 5.41) is 8.52. The third-order valence-corrected chi connectivity index (χ3v) is 4.19. The number of hydrogen-bond donors (Lipinski definition) is 1. The van der Waals surface area contributed by atoms with Crippen molar-refractivity contribution >= 4 is 22.1 Å². The molecule has 1 aromatic carbocycles. The van der Waals surface area contributed by atoms with Crippen LogP contribution in [0.3, 0.4) is 0 Å². The molecule has 0 bridgehead atoms. The minimum atomic E-state index is -3.50. The van der Waals surface area contributed by atoms with E-state index in [4.69, 9.17) is 5.11 Å². The zero-order valence-corrected chi connectivity index (χ0v) is 11.3. The van der Waals surface area contributed by atoms with Crippen LogP contribution in [0.25, 0.3) is 6.08 Å². The van der Waals surface area contributed by atoms with E-state index in [9.17, 15) is 13.2 Å². The van der Waals surface area contributed by atoms with Gasteiger partial charge in [0.2, 0.25) is 10.0 Å². The van der Waals surface area contributed by atoms with Crippen LogP contribution in [0.2, 0.25) is 0 Å². The second kappa shape index (κ2) is 5.75. The lowest BCUT2D eigenvalue weighted by atomic mass is 10.2. The first-order valence-corrected chi connectivity index (χ1v) is 7.44. The van der Waals surface area contributed by atoms with Gasteiger partial charge in [-0.15, -0.1) is 0 Å². The van der Waals surface area contributed by atoms with Crippen LogP contribution in [0.1, 0.15) is 11.1 Å². The number of benzene rings is 1. The molecule has 0 radical (unpaired) electrons. The lowest BCUT2D eigenvalue weighted by Crippen LogP contribution is -2.13. The Morgan fingerprint density at radius 2 is 1.90 bits per heavy atom. The van der Waals surface area contributed by atoms with E-state index in [2.05, 4.69) is 0 Å². The molecule has 0 amide bonds. The van der Waals surface area contributed by atoms with Crippen molar-refractivity contribution < 1.29 is 18.3 Å². The Labute approximate surface area is 116 Å². The van der Waals surface area contributed by atoms with E-state index in [1.807, 2.05) is 6.07 Å². The molecule has 1 heterocycles. The number of carboxylic acid groups (broad SMARTS) is 1. The van der Waals surface area contributed by atoms with Gasteiger partial charge in [-0.1, -0.05) is 30.3 Å². The Morgan fingerprint density at radius 3 is 2.55 bits per heavy atom. The fourth-order valence-electron chi connectivity index (χ4n) is 1.69. The van der Waals surface area contributed by atoms with Crippen molar-refractivity contribution in [2.45, 2.75) is 5.75 Å². The summed E-state index contributed by atoms with van der Waals surface area (Å²) < 4.78 is 25.4. The molecule has 1 aromatic heterocycles. The van der Waals surface area contributed by atoms with Crippen LogP contribution < -0.4 is 0 Å². The summed E-state index contributed by atoms with van der Waals surface area (Å²) >= 11 is 0. The summed E-state index contributed by atoms with van der Waals surface area (Å²) in [5.41, 5.74) is 1.22. The van der Waals surface area contributed by atoms with E-state index in [1.54, 1.807) is 30.3 Å². The first-order valence-electron chi connectivity index (χ1n) is 5.83. The Bertz CT molecular complexity index is 730. The quantitative estimate of drug-likeness (QED) is 0.854. The van der Waals surface area contributed by atoms with Gasteiger partial charge in [-0.25, -0.2) is 13.2 Å². The van der Waals surface area contributed by atoms with Crippen LogP contribution in [0, 0.1) is 0 Å². The van der Waals surface area contributed by atoms with Gasteiger partial charge in [0.1, 0.15) is 0 Å². The van der Waals surface area contributed by atoms with Gasteiger partial charge < -0.3 is 5.11 Å². The van der Waals surface area contributed by atoms with E-state index in [-0.39, 0.29) is 5.75 Å². The Morgan fingerprint density at radius 1 is 1.20 bits per heavy atom. The zero-order chi connectivity index (χ0) is 14.6. The number of rotatable bonds is 5. The molecule has 20 heavy (non-hydrogen) atoms. The van der Waals surface area contributed by atoms with Gasteiger partial charge in [0.15, 0.2) is 0 Å². The lowest BCUT2D eigenvalue weighted by molar-refractivity contribution is -0.131. The molecule has 2 rings (SSSR count). The highest BCUT2D eigenvalue weighted by Gasteiger charge is 2.13. The molecule has 5 nitrogen and oxygen atoms in total. The van der Waals surface area contributed by atoms with E-state index < -0.39 is 16.0 Å². The first kappa shape index (κ1) is 14.1. The van der Waals surface area contributed by atoms with Crippen LogP contribution in [-0.2, 0) is 20.6 Å². The molecule has 0 atom stereocenters. The molecule has 2 aromatic rings. The topological polar surface area (TPSA) is 76.4 Å². The fraction of sp³-hybridized carbons (Fsp3) is 0.0714. The summed E-state index contributed by atoms with van der Waals surface area (Å²) in [5.74, 6) is -1.19. The first-order chi connectivity index (χ1) is 9.47. The van der Waals surface area contributed by atoms with Gasteiger partial charge in [-0.2, -0.15) is 0 Å². The predicted octanol–water partition coefficient (Wildman–Crippen LogP) is 1.96. The molecule has 0 unspecified atom stereocenters. The number of aromatic nitrogens is 1. The highest BCUT2D eigenvalue weighted by atomic mass is 32.2.